The molecule has 1 aromatic carbocycles. The van der Waals surface area contributed by atoms with Crippen molar-refractivity contribution in [2.75, 3.05) is 0 Å². The van der Waals surface area contributed by atoms with Crippen LogP contribution < -0.4 is 0 Å². The van der Waals surface area contributed by atoms with Crippen molar-refractivity contribution in [3.8, 4) is 11.1 Å². The number of carbonyl (C=O) groups is 1. The minimum absolute atomic E-state index is 0.0910. The van der Waals surface area contributed by atoms with Crippen molar-refractivity contribution in [3.05, 3.63) is 59.9 Å². The fourth-order valence-electron chi connectivity index (χ4n) is 2.29. The van der Waals surface area contributed by atoms with Crippen molar-refractivity contribution in [1.82, 2.24) is 4.98 Å². The summed E-state index contributed by atoms with van der Waals surface area (Å²) in [6.07, 6.45) is 11.1. The van der Waals surface area contributed by atoms with E-state index in [1.807, 2.05) is 36.5 Å². The minimum atomic E-state index is 0.0910. The molecule has 114 valence electrons. The zero-order valence-electron chi connectivity index (χ0n) is 13.4. The summed E-state index contributed by atoms with van der Waals surface area (Å²) in [4.78, 5) is 15.8. The zero-order chi connectivity index (χ0) is 15.8. The van der Waals surface area contributed by atoms with Crippen LogP contribution in [0.15, 0.2) is 48.7 Å². The van der Waals surface area contributed by atoms with Crippen molar-refractivity contribution in [2.45, 2.75) is 39.5 Å². The number of rotatable bonds is 7. The molecule has 0 fully saturated rings. The van der Waals surface area contributed by atoms with Crippen molar-refractivity contribution in [1.29, 1.82) is 0 Å². The maximum absolute atomic E-state index is 11.3. The van der Waals surface area contributed by atoms with E-state index in [0.29, 0.717) is 0 Å². The van der Waals surface area contributed by atoms with Gasteiger partial charge in [0.25, 0.3) is 0 Å². The monoisotopic (exact) mass is 293 g/mol. The second-order valence-corrected chi connectivity index (χ2v) is 5.50. The maximum Gasteiger partial charge on any atom is 0.159 e. The quantitative estimate of drug-likeness (QED) is 0.495. The topological polar surface area (TPSA) is 30.0 Å². The average molecular weight is 293 g/mol. The van der Waals surface area contributed by atoms with E-state index in [1.54, 1.807) is 6.92 Å². The molecule has 2 heteroatoms. The molecule has 0 radical (unpaired) electrons. The van der Waals surface area contributed by atoms with E-state index < -0.39 is 0 Å². The molecule has 2 rings (SSSR count). The fourth-order valence-corrected chi connectivity index (χ4v) is 2.29. The molecule has 0 atom stereocenters. The van der Waals surface area contributed by atoms with E-state index in [9.17, 15) is 4.79 Å². The summed E-state index contributed by atoms with van der Waals surface area (Å²) in [7, 11) is 0. The lowest BCUT2D eigenvalue weighted by Crippen LogP contribution is -1.91. The molecule has 0 aliphatic heterocycles. The highest BCUT2D eigenvalue weighted by Crippen LogP contribution is 2.19. The van der Waals surface area contributed by atoms with Crippen molar-refractivity contribution >= 4 is 11.9 Å². The van der Waals surface area contributed by atoms with Gasteiger partial charge in [-0.3, -0.25) is 9.78 Å². The van der Waals surface area contributed by atoms with Gasteiger partial charge in [0.05, 0.1) is 5.69 Å². The molecule has 0 bridgehead atoms. The van der Waals surface area contributed by atoms with Gasteiger partial charge in [0.1, 0.15) is 0 Å². The fraction of sp³-hybridized carbons (Fsp3) is 0.300. The molecule has 0 spiro atoms. The molecular formula is C20H23NO. The number of hydrogen-bond acceptors (Lipinski definition) is 2. The molecule has 0 amide bonds. The van der Waals surface area contributed by atoms with Gasteiger partial charge in [-0.05, 0) is 37.5 Å². The van der Waals surface area contributed by atoms with Crippen LogP contribution in [-0.4, -0.2) is 10.8 Å². The number of hydrogen-bond donors (Lipinski definition) is 0. The second kappa shape index (κ2) is 8.28. The Morgan fingerprint density at radius 1 is 1.05 bits per heavy atom. The molecular weight excluding hydrogens is 270 g/mol. The van der Waals surface area contributed by atoms with E-state index in [1.165, 1.54) is 19.3 Å². The first-order valence-corrected chi connectivity index (χ1v) is 7.94. The van der Waals surface area contributed by atoms with E-state index in [2.05, 4.69) is 30.1 Å². The normalized spacial score (nSPS) is 11.0. The number of Topliss-reactive ketones (excluding diaryl/α,β-unsaturated/α-hetero) is 1. The highest BCUT2D eigenvalue weighted by atomic mass is 16.1. The molecule has 22 heavy (non-hydrogen) atoms. The van der Waals surface area contributed by atoms with Crippen LogP contribution in [0.2, 0.25) is 0 Å². The Balaban J connectivity index is 2.00. The highest BCUT2D eigenvalue weighted by molar-refractivity contribution is 5.94. The summed E-state index contributed by atoms with van der Waals surface area (Å²) in [5.74, 6) is 0.0910. The van der Waals surface area contributed by atoms with Crippen LogP contribution in [-0.2, 0) is 0 Å². The summed E-state index contributed by atoms with van der Waals surface area (Å²) < 4.78 is 0. The van der Waals surface area contributed by atoms with Crippen molar-refractivity contribution < 1.29 is 4.79 Å². The Morgan fingerprint density at radius 3 is 2.36 bits per heavy atom. The van der Waals surface area contributed by atoms with Crippen LogP contribution in [0, 0.1) is 0 Å². The summed E-state index contributed by atoms with van der Waals surface area (Å²) in [6.45, 7) is 3.80. The van der Waals surface area contributed by atoms with Gasteiger partial charge in [-0.1, -0.05) is 56.2 Å². The third-order valence-corrected chi connectivity index (χ3v) is 3.67. The highest BCUT2D eigenvalue weighted by Gasteiger charge is 2.01. The number of benzene rings is 1. The molecule has 1 heterocycles. The number of allylic oxidation sites excluding steroid dienone is 1. The standard InChI is InChI=1S/C20H23NO/c1-3-4-5-6-7-8-20-14-13-19(15-21-20)18-11-9-17(10-12-18)16(2)22/h7-15H,3-6H2,1-2H3/b8-7+. The Labute approximate surface area is 132 Å². The third kappa shape index (κ3) is 4.66. The van der Waals surface area contributed by atoms with Gasteiger partial charge < -0.3 is 0 Å². The lowest BCUT2D eigenvalue weighted by atomic mass is 10.0. The van der Waals surface area contributed by atoms with Crippen LogP contribution in [0.4, 0.5) is 0 Å². The van der Waals surface area contributed by atoms with Crippen LogP contribution in [0.1, 0.15) is 55.6 Å². The largest absolute Gasteiger partial charge is 0.295 e. The average Bonchev–Trinajstić information content (AvgIpc) is 2.55. The van der Waals surface area contributed by atoms with Crippen LogP contribution in [0.3, 0.4) is 0 Å². The van der Waals surface area contributed by atoms with Gasteiger partial charge in [-0.15, -0.1) is 0 Å². The summed E-state index contributed by atoms with van der Waals surface area (Å²) in [5.41, 5.74) is 3.87. The van der Waals surface area contributed by atoms with Gasteiger partial charge in [0.15, 0.2) is 5.78 Å². The Hall–Kier alpha value is -2.22. The van der Waals surface area contributed by atoms with Crippen LogP contribution in [0.25, 0.3) is 17.2 Å². The molecule has 2 aromatic rings. The number of nitrogens with zero attached hydrogens (tertiary/aromatic N) is 1. The summed E-state index contributed by atoms with van der Waals surface area (Å²) >= 11 is 0. The smallest absolute Gasteiger partial charge is 0.159 e. The first-order chi connectivity index (χ1) is 10.7. The Bertz CT molecular complexity index is 624. The predicted molar refractivity (Wildman–Crippen MR) is 92.9 cm³/mol. The van der Waals surface area contributed by atoms with E-state index >= 15 is 0 Å². The number of unbranched alkanes of at least 4 members (excludes halogenated alkanes) is 3. The third-order valence-electron chi connectivity index (χ3n) is 3.67. The first-order valence-electron chi connectivity index (χ1n) is 7.94. The van der Waals surface area contributed by atoms with E-state index in [4.69, 9.17) is 0 Å². The maximum atomic E-state index is 11.3. The Kier molecular flexibility index (Phi) is 6.08. The second-order valence-electron chi connectivity index (χ2n) is 5.50. The molecule has 0 unspecified atom stereocenters. The first kappa shape index (κ1) is 16.2. The summed E-state index contributed by atoms with van der Waals surface area (Å²) in [6, 6.07) is 11.8. The van der Waals surface area contributed by atoms with Gasteiger partial charge in [0, 0.05) is 17.3 Å². The van der Waals surface area contributed by atoms with E-state index in [0.717, 1.165) is 28.8 Å². The molecule has 2 nitrogen and oxygen atoms in total. The lowest BCUT2D eigenvalue weighted by molar-refractivity contribution is 0.101. The molecule has 1 aromatic heterocycles. The number of pyridine rings is 1. The molecule has 0 saturated carbocycles. The number of aromatic nitrogens is 1. The van der Waals surface area contributed by atoms with Gasteiger partial charge >= 0.3 is 0 Å². The van der Waals surface area contributed by atoms with Gasteiger partial charge in [0.2, 0.25) is 0 Å². The van der Waals surface area contributed by atoms with Gasteiger partial charge in [-0.2, -0.15) is 0 Å². The molecule has 0 saturated heterocycles. The molecule has 0 N–H and O–H groups in total. The van der Waals surface area contributed by atoms with Crippen molar-refractivity contribution in [3.63, 3.8) is 0 Å². The van der Waals surface area contributed by atoms with E-state index in [-0.39, 0.29) is 5.78 Å². The van der Waals surface area contributed by atoms with Crippen molar-refractivity contribution in [2.24, 2.45) is 0 Å². The Morgan fingerprint density at radius 2 is 1.77 bits per heavy atom. The van der Waals surface area contributed by atoms with Crippen LogP contribution >= 0.6 is 0 Å². The summed E-state index contributed by atoms with van der Waals surface area (Å²) in [5, 5.41) is 0. The molecule has 0 aliphatic carbocycles. The number of ketones is 1. The zero-order valence-corrected chi connectivity index (χ0v) is 13.4. The number of carbonyl (C=O) groups excluding carboxylic acids is 1. The lowest BCUT2D eigenvalue weighted by Gasteiger charge is -2.03. The minimum Gasteiger partial charge on any atom is -0.295 e. The predicted octanol–water partition coefficient (Wildman–Crippen LogP) is 5.54. The van der Waals surface area contributed by atoms with Crippen LogP contribution in [0.5, 0.6) is 0 Å². The SMILES string of the molecule is CCCCC/C=C/c1ccc(-c2ccc(C(C)=O)cc2)cn1. The van der Waals surface area contributed by atoms with Gasteiger partial charge in [-0.25, -0.2) is 0 Å². The molecule has 0 aliphatic rings.